The quantitative estimate of drug-likeness (QED) is 0.418. The topological polar surface area (TPSA) is 123 Å². The highest BCUT2D eigenvalue weighted by Gasteiger charge is 2.46. The summed E-state index contributed by atoms with van der Waals surface area (Å²) >= 11 is 0. The largest absolute Gasteiger partial charge is 0.394 e. The van der Waals surface area contributed by atoms with Gasteiger partial charge >= 0.3 is 5.69 Å². The summed E-state index contributed by atoms with van der Waals surface area (Å²) in [6.07, 6.45) is -2.92. The van der Waals surface area contributed by atoms with E-state index in [1.807, 2.05) is 4.98 Å². The Labute approximate surface area is 106 Å². The van der Waals surface area contributed by atoms with Crippen molar-refractivity contribution in [1.82, 2.24) is 9.55 Å². The van der Waals surface area contributed by atoms with Crippen LogP contribution in [0, 0.1) is 0 Å². The fourth-order valence-electron chi connectivity index (χ4n) is 1.95. The average molecular weight is 274 g/mol. The third-order valence-corrected chi connectivity index (χ3v) is 2.82. The molecule has 0 radical (unpaired) electrons. The Balaban J connectivity index is 2.30. The van der Waals surface area contributed by atoms with Gasteiger partial charge in [-0.15, -0.1) is 0 Å². The number of hydrogen-bond acceptors (Lipinski definition) is 7. The molecule has 0 saturated carbocycles. The van der Waals surface area contributed by atoms with Crippen LogP contribution in [-0.4, -0.2) is 51.8 Å². The van der Waals surface area contributed by atoms with E-state index in [1.54, 1.807) is 0 Å². The number of aromatic amines is 1. The van der Waals surface area contributed by atoms with Crippen molar-refractivity contribution in [3.8, 4) is 0 Å². The minimum absolute atomic E-state index is 0.417. The predicted molar refractivity (Wildman–Crippen MR) is 60.2 cm³/mol. The highest BCUT2D eigenvalue weighted by Crippen LogP contribution is 2.30. The van der Waals surface area contributed by atoms with Gasteiger partial charge in [0, 0.05) is 12.3 Å². The Kier molecular flexibility index (Phi) is 4.12. The number of aliphatic hydroxyl groups excluding tert-OH is 2. The summed E-state index contributed by atoms with van der Waals surface area (Å²) in [5.74, 6) is 0. The number of hydrogen-bond donors (Lipinski definition) is 3. The molecule has 1 aromatic rings. The zero-order valence-electron chi connectivity index (χ0n) is 10.1. The second-order valence-electron chi connectivity index (χ2n) is 3.98. The first-order valence-electron chi connectivity index (χ1n) is 5.53. The molecule has 1 fully saturated rings. The molecule has 9 heteroatoms. The summed E-state index contributed by atoms with van der Waals surface area (Å²) in [6.45, 7) is -0.417. The smallest absolute Gasteiger partial charge is 0.330 e. The number of H-pyrrole nitrogens is 1. The van der Waals surface area contributed by atoms with E-state index in [1.165, 1.54) is 13.3 Å². The molecular formula is C10H14N2O7. The van der Waals surface area contributed by atoms with Crippen molar-refractivity contribution < 1.29 is 24.7 Å². The minimum atomic E-state index is -1.24. The maximum atomic E-state index is 11.6. The number of aliphatic hydroxyl groups is 2. The third-order valence-electron chi connectivity index (χ3n) is 2.82. The summed E-state index contributed by atoms with van der Waals surface area (Å²) in [7, 11) is 1.25. The predicted octanol–water partition coefficient (Wildman–Crippen LogP) is -2.27. The molecule has 0 bridgehead atoms. The molecule has 0 aliphatic carbocycles. The van der Waals surface area contributed by atoms with E-state index in [-0.39, 0.29) is 0 Å². The molecule has 1 aliphatic heterocycles. The summed E-state index contributed by atoms with van der Waals surface area (Å²) in [4.78, 5) is 33.9. The van der Waals surface area contributed by atoms with Crippen LogP contribution in [0.1, 0.15) is 6.23 Å². The van der Waals surface area contributed by atoms with E-state index in [0.29, 0.717) is 0 Å². The van der Waals surface area contributed by atoms with Crippen LogP contribution in [0.15, 0.2) is 21.9 Å². The molecule has 0 spiro atoms. The van der Waals surface area contributed by atoms with Crippen LogP contribution in [0.3, 0.4) is 0 Å². The maximum absolute atomic E-state index is 11.6. The Hall–Kier alpha value is -1.52. The van der Waals surface area contributed by atoms with Gasteiger partial charge in [0.25, 0.3) is 5.56 Å². The van der Waals surface area contributed by atoms with E-state index < -0.39 is 42.4 Å². The Morgan fingerprint density at radius 2 is 2.26 bits per heavy atom. The molecule has 9 nitrogen and oxygen atoms in total. The number of rotatable bonds is 4. The van der Waals surface area contributed by atoms with Gasteiger partial charge in [-0.05, 0) is 0 Å². The molecule has 2 rings (SSSR count). The van der Waals surface area contributed by atoms with E-state index in [9.17, 15) is 14.7 Å². The molecule has 0 amide bonds. The summed E-state index contributed by atoms with van der Waals surface area (Å²) in [6, 6.07) is 1.12. The third kappa shape index (κ3) is 2.60. The van der Waals surface area contributed by atoms with Crippen molar-refractivity contribution in [2.75, 3.05) is 13.7 Å². The van der Waals surface area contributed by atoms with Gasteiger partial charge in [0.05, 0.1) is 13.7 Å². The molecule has 4 atom stereocenters. The summed E-state index contributed by atoms with van der Waals surface area (Å²) in [5, 5.41) is 19.2. The monoisotopic (exact) mass is 274 g/mol. The van der Waals surface area contributed by atoms with E-state index in [0.717, 1.165) is 10.6 Å². The lowest BCUT2D eigenvalue weighted by Gasteiger charge is -2.17. The molecule has 1 aliphatic rings. The van der Waals surface area contributed by atoms with Crippen LogP contribution in [0.25, 0.3) is 0 Å². The van der Waals surface area contributed by atoms with Gasteiger partial charge in [0.15, 0.2) is 12.3 Å². The molecule has 2 unspecified atom stereocenters. The fraction of sp³-hybridized carbons (Fsp3) is 0.600. The van der Waals surface area contributed by atoms with Crippen LogP contribution >= 0.6 is 0 Å². The van der Waals surface area contributed by atoms with Crippen molar-refractivity contribution in [3.05, 3.63) is 33.1 Å². The first kappa shape index (κ1) is 13.9. The van der Waals surface area contributed by atoms with E-state index >= 15 is 0 Å². The van der Waals surface area contributed by atoms with E-state index in [2.05, 4.69) is 4.89 Å². The second-order valence-corrected chi connectivity index (χ2v) is 3.98. The lowest BCUT2D eigenvalue weighted by molar-refractivity contribution is -0.323. The molecule has 1 aromatic heterocycles. The molecule has 0 aromatic carbocycles. The second kappa shape index (κ2) is 5.63. The molecule has 1 saturated heterocycles. The van der Waals surface area contributed by atoms with Crippen molar-refractivity contribution in [2.24, 2.45) is 0 Å². The van der Waals surface area contributed by atoms with Crippen LogP contribution in [0.2, 0.25) is 0 Å². The van der Waals surface area contributed by atoms with Crippen molar-refractivity contribution in [1.29, 1.82) is 0 Å². The summed E-state index contributed by atoms with van der Waals surface area (Å²) in [5.41, 5.74) is -1.29. The van der Waals surface area contributed by atoms with Gasteiger partial charge in [-0.25, -0.2) is 14.6 Å². The van der Waals surface area contributed by atoms with Crippen molar-refractivity contribution in [3.63, 3.8) is 0 Å². The van der Waals surface area contributed by atoms with E-state index in [4.69, 9.17) is 14.7 Å². The first-order valence-corrected chi connectivity index (χ1v) is 5.53. The molecular weight excluding hydrogens is 260 g/mol. The number of ether oxygens (including phenoxy) is 1. The highest BCUT2D eigenvalue weighted by atomic mass is 17.2. The maximum Gasteiger partial charge on any atom is 0.330 e. The normalized spacial score (nSPS) is 30.7. The van der Waals surface area contributed by atoms with Crippen molar-refractivity contribution in [2.45, 2.75) is 24.5 Å². The lowest BCUT2D eigenvalue weighted by Crippen LogP contribution is -2.38. The first-order chi connectivity index (χ1) is 9.08. The van der Waals surface area contributed by atoms with Crippen LogP contribution in [0.4, 0.5) is 0 Å². The van der Waals surface area contributed by atoms with Gasteiger partial charge in [0.1, 0.15) is 12.2 Å². The van der Waals surface area contributed by atoms with Crippen LogP contribution < -0.4 is 11.2 Å². The molecule has 2 heterocycles. The number of nitrogens with zero attached hydrogens (tertiary/aromatic N) is 1. The van der Waals surface area contributed by atoms with Gasteiger partial charge in [-0.2, -0.15) is 0 Å². The zero-order valence-corrected chi connectivity index (χ0v) is 10.1. The Bertz CT molecular complexity index is 539. The van der Waals surface area contributed by atoms with Gasteiger partial charge in [0.2, 0.25) is 0 Å². The average Bonchev–Trinajstić information content (AvgIpc) is 2.68. The summed E-state index contributed by atoms with van der Waals surface area (Å²) < 4.78 is 6.34. The number of aromatic nitrogens is 2. The van der Waals surface area contributed by atoms with Crippen LogP contribution in [0.5, 0.6) is 0 Å². The van der Waals surface area contributed by atoms with Gasteiger partial charge in [-0.1, -0.05) is 0 Å². The SMILES string of the molecule is COOC1C(O)[C@@H](n2ccc(=O)[nH]c2=O)O[C@H]1CO. The Morgan fingerprint density at radius 3 is 2.84 bits per heavy atom. The van der Waals surface area contributed by atoms with Gasteiger partial charge in [-0.3, -0.25) is 14.3 Å². The van der Waals surface area contributed by atoms with Crippen LogP contribution in [-0.2, 0) is 14.5 Å². The number of nitrogens with one attached hydrogen (secondary N) is 1. The van der Waals surface area contributed by atoms with Gasteiger partial charge < -0.3 is 14.9 Å². The molecule has 106 valence electrons. The standard InChI is InChI=1S/C10H14N2O7/c1-17-19-8-5(4-13)18-9(7(8)15)12-3-2-6(14)11-10(12)16/h2-3,5,7-9,13,15H,4H2,1H3,(H,11,14,16)/t5-,7?,8?,9-/m0/s1. The highest BCUT2D eigenvalue weighted by molar-refractivity contribution is 4.93. The van der Waals surface area contributed by atoms with Crippen molar-refractivity contribution >= 4 is 0 Å². The molecule has 3 N–H and O–H groups in total. The fourth-order valence-corrected chi connectivity index (χ4v) is 1.95. The minimum Gasteiger partial charge on any atom is -0.394 e. The molecule has 19 heavy (non-hydrogen) atoms. The lowest BCUT2D eigenvalue weighted by atomic mass is 10.1. The zero-order chi connectivity index (χ0) is 14.0. The Morgan fingerprint density at radius 1 is 1.53 bits per heavy atom.